The molecule has 116 valence electrons. The number of halogens is 1. The van der Waals surface area contributed by atoms with Gasteiger partial charge in [0.25, 0.3) is 5.91 Å². The summed E-state index contributed by atoms with van der Waals surface area (Å²) in [5, 5.41) is 15.1. The number of hydrogen-bond donors (Lipinski definition) is 2. The Kier molecular flexibility index (Phi) is 6.22. The first-order valence-corrected chi connectivity index (χ1v) is 7.52. The van der Waals surface area contributed by atoms with Crippen molar-refractivity contribution in [1.82, 2.24) is 5.32 Å². The number of nitrogens with one attached hydrogen (secondary N) is 2. The van der Waals surface area contributed by atoms with Crippen LogP contribution in [-0.4, -0.2) is 12.5 Å². The van der Waals surface area contributed by atoms with Gasteiger partial charge in [0, 0.05) is 12.7 Å². The highest BCUT2D eigenvalue weighted by atomic mass is 35.5. The van der Waals surface area contributed by atoms with Crippen LogP contribution in [0.25, 0.3) is 0 Å². The predicted molar refractivity (Wildman–Crippen MR) is 91.9 cm³/mol. The molecule has 2 N–H and O–H groups in total. The van der Waals surface area contributed by atoms with Crippen LogP contribution in [0.1, 0.15) is 5.56 Å². The van der Waals surface area contributed by atoms with E-state index in [4.69, 9.17) is 16.9 Å². The van der Waals surface area contributed by atoms with Crippen LogP contribution in [0.5, 0.6) is 0 Å². The standard InChI is InChI=1S/C18H16ClN3O/c19-16-8-4-5-9-17(16)22-18(23)15(12-20)13-21-11-10-14-6-2-1-3-7-14/h1-9,13,21H,10-11H2,(H,22,23)/b15-13-. The number of rotatable bonds is 6. The molecule has 0 heterocycles. The molecular weight excluding hydrogens is 310 g/mol. The number of benzene rings is 2. The van der Waals surface area contributed by atoms with Gasteiger partial charge in [-0.25, -0.2) is 0 Å². The first kappa shape index (κ1) is 16.6. The van der Waals surface area contributed by atoms with Gasteiger partial charge in [0.15, 0.2) is 0 Å². The number of carbonyl (C=O) groups is 1. The molecule has 0 fully saturated rings. The Morgan fingerprint density at radius 1 is 1.13 bits per heavy atom. The van der Waals surface area contributed by atoms with E-state index >= 15 is 0 Å². The van der Waals surface area contributed by atoms with Crippen LogP contribution in [-0.2, 0) is 11.2 Å². The molecule has 0 aliphatic rings. The second-order valence-corrected chi connectivity index (χ2v) is 5.20. The van der Waals surface area contributed by atoms with Gasteiger partial charge in [-0.2, -0.15) is 5.26 Å². The number of hydrogen-bond acceptors (Lipinski definition) is 3. The summed E-state index contributed by atoms with van der Waals surface area (Å²) in [7, 11) is 0. The van der Waals surface area contributed by atoms with Gasteiger partial charge < -0.3 is 10.6 Å². The highest BCUT2D eigenvalue weighted by molar-refractivity contribution is 6.33. The molecule has 0 saturated carbocycles. The monoisotopic (exact) mass is 325 g/mol. The number of carbonyl (C=O) groups excluding carboxylic acids is 1. The molecule has 2 rings (SSSR count). The number of nitriles is 1. The fraction of sp³-hybridized carbons (Fsp3) is 0.111. The van der Waals surface area contributed by atoms with Crippen molar-refractivity contribution < 1.29 is 4.79 Å². The Bertz CT molecular complexity index is 735. The van der Waals surface area contributed by atoms with Crippen molar-refractivity contribution in [2.45, 2.75) is 6.42 Å². The van der Waals surface area contributed by atoms with Crippen molar-refractivity contribution in [2.24, 2.45) is 0 Å². The van der Waals surface area contributed by atoms with Gasteiger partial charge in [-0.05, 0) is 24.1 Å². The van der Waals surface area contributed by atoms with E-state index in [1.165, 1.54) is 11.8 Å². The zero-order chi connectivity index (χ0) is 16.5. The maximum atomic E-state index is 12.1. The molecule has 0 aliphatic carbocycles. The molecule has 4 nitrogen and oxygen atoms in total. The van der Waals surface area contributed by atoms with E-state index in [2.05, 4.69) is 10.6 Å². The average molecular weight is 326 g/mol. The zero-order valence-electron chi connectivity index (χ0n) is 12.4. The summed E-state index contributed by atoms with van der Waals surface area (Å²) >= 11 is 5.98. The molecule has 23 heavy (non-hydrogen) atoms. The van der Waals surface area contributed by atoms with Gasteiger partial charge in [0.2, 0.25) is 0 Å². The van der Waals surface area contributed by atoms with E-state index in [9.17, 15) is 4.79 Å². The van der Waals surface area contributed by atoms with Crippen LogP contribution in [0.2, 0.25) is 5.02 Å². The fourth-order valence-electron chi connectivity index (χ4n) is 1.94. The van der Waals surface area contributed by atoms with Crippen LogP contribution in [0, 0.1) is 11.3 Å². The lowest BCUT2D eigenvalue weighted by atomic mass is 10.1. The van der Waals surface area contributed by atoms with Gasteiger partial charge in [-0.3, -0.25) is 4.79 Å². The van der Waals surface area contributed by atoms with Gasteiger partial charge in [-0.1, -0.05) is 54.1 Å². The smallest absolute Gasteiger partial charge is 0.267 e. The van der Waals surface area contributed by atoms with Gasteiger partial charge in [0.05, 0.1) is 10.7 Å². The highest BCUT2D eigenvalue weighted by Crippen LogP contribution is 2.20. The zero-order valence-corrected chi connectivity index (χ0v) is 13.2. The molecule has 2 aromatic rings. The summed E-state index contributed by atoms with van der Waals surface area (Å²) in [6.45, 7) is 0.633. The van der Waals surface area contributed by atoms with E-state index in [0.717, 1.165) is 6.42 Å². The van der Waals surface area contributed by atoms with Crippen molar-refractivity contribution >= 4 is 23.2 Å². The lowest BCUT2D eigenvalue weighted by molar-refractivity contribution is -0.112. The molecule has 2 aromatic carbocycles. The van der Waals surface area contributed by atoms with E-state index in [0.29, 0.717) is 17.3 Å². The number of anilines is 1. The van der Waals surface area contributed by atoms with Crippen molar-refractivity contribution in [3.05, 3.63) is 77.0 Å². The lowest BCUT2D eigenvalue weighted by Crippen LogP contribution is -2.18. The van der Waals surface area contributed by atoms with Crippen LogP contribution >= 0.6 is 11.6 Å². The molecular formula is C18H16ClN3O. The maximum Gasteiger partial charge on any atom is 0.267 e. The molecule has 0 spiro atoms. The second-order valence-electron chi connectivity index (χ2n) is 4.79. The van der Waals surface area contributed by atoms with E-state index in [1.807, 2.05) is 36.4 Å². The second kappa shape index (κ2) is 8.62. The van der Waals surface area contributed by atoms with Crippen LogP contribution < -0.4 is 10.6 Å². The minimum atomic E-state index is -0.493. The Morgan fingerprint density at radius 2 is 1.83 bits per heavy atom. The minimum absolute atomic E-state index is 0.00187. The van der Waals surface area contributed by atoms with Crippen molar-refractivity contribution in [3.8, 4) is 6.07 Å². The van der Waals surface area contributed by atoms with E-state index in [-0.39, 0.29) is 5.57 Å². The molecule has 5 heteroatoms. The first-order valence-electron chi connectivity index (χ1n) is 7.14. The molecule has 0 bridgehead atoms. The first-order chi connectivity index (χ1) is 11.2. The molecule has 1 amide bonds. The van der Waals surface area contributed by atoms with Crippen LogP contribution in [0.15, 0.2) is 66.4 Å². The number of nitrogens with zero attached hydrogens (tertiary/aromatic N) is 1. The summed E-state index contributed by atoms with van der Waals surface area (Å²) in [4.78, 5) is 12.1. The summed E-state index contributed by atoms with van der Waals surface area (Å²) in [5.74, 6) is -0.493. The van der Waals surface area contributed by atoms with Gasteiger partial charge in [0.1, 0.15) is 11.6 Å². The third-order valence-electron chi connectivity index (χ3n) is 3.13. The van der Waals surface area contributed by atoms with E-state index in [1.54, 1.807) is 24.3 Å². The quantitative estimate of drug-likeness (QED) is 0.485. The van der Waals surface area contributed by atoms with Crippen molar-refractivity contribution in [3.63, 3.8) is 0 Å². The largest absolute Gasteiger partial charge is 0.389 e. The molecule has 0 radical (unpaired) electrons. The SMILES string of the molecule is N#C/C(=C/NCCc1ccccc1)C(=O)Nc1ccccc1Cl. The normalized spacial score (nSPS) is 10.7. The molecule has 0 unspecified atom stereocenters. The summed E-state index contributed by atoms with van der Waals surface area (Å²) in [6, 6.07) is 18.7. The Labute approximate surface area is 140 Å². The third-order valence-corrected chi connectivity index (χ3v) is 3.46. The molecule has 0 saturated heterocycles. The summed E-state index contributed by atoms with van der Waals surface area (Å²) < 4.78 is 0. The Morgan fingerprint density at radius 3 is 2.52 bits per heavy atom. The van der Waals surface area contributed by atoms with E-state index < -0.39 is 5.91 Å². The fourth-order valence-corrected chi connectivity index (χ4v) is 2.12. The van der Waals surface area contributed by atoms with Crippen molar-refractivity contribution in [1.29, 1.82) is 5.26 Å². The number of amides is 1. The van der Waals surface area contributed by atoms with Gasteiger partial charge in [-0.15, -0.1) is 0 Å². The molecule has 0 aliphatic heterocycles. The number of para-hydroxylation sites is 1. The minimum Gasteiger partial charge on any atom is -0.389 e. The van der Waals surface area contributed by atoms with Crippen LogP contribution in [0.3, 0.4) is 0 Å². The third kappa shape index (κ3) is 5.17. The average Bonchev–Trinajstić information content (AvgIpc) is 2.58. The Hall–Kier alpha value is -2.77. The van der Waals surface area contributed by atoms with Crippen LogP contribution in [0.4, 0.5) is 5.69 Å². The Balaban J connectivity index is 1.90. The predicted octanol–water partition coefficient (Wildman–Crippen LogP) is 3.52. The highest BCUT2D eigenvalue weighted by Gasteiger charge is 2.10. The topological polar surface area (TPSA) is 64.9 Å². The molecule has 0 atom stereocenters. The maximum absolute atomic E-state index is 12.1. The summed E-state index contributed by atoms with van der Waals surface area (Å²) in [5.41, 5.74) is 1.66. The van der Waals surface area contributed by atoms with Gasteiger partial charge >= 0.3 is 0 Å². The molecule has 0 aromatic heterocycles. The van der Waals surface area contributed by atoms with Crippen molar-refractivity contribution in [2.75, 3.05) is 11.9 Å². The lowest BCUT2D eigenvalue weighted by Gasteiger charge is -2.06. The summed E-state index contributed by atoms with van der Waals surface area (Å²) in [6.07, 6.45) is 2.23.